The van der Waals surface area contributed by atoms with Crippen LogP contribution < -0.4 is 10.9 Å². The molecule has 8 heteroatoms. The largest absolute Gasteiger partial charge is 0.321 e. The molecule has 0 saturated carbocycles. The van der Waals surface area contributed by atoms with Crippen molar-refractivity contribution < 1.29 is 4.79 Å². The second kappa shape index (κ2) is 9.72. The molecule has 1 N–H and O–H groups in total. The van der Waals surface area contributed by atoms with Crippen LogP contribution in [0.4, 0.5) is 5.69 Å². The second-order valence-corrected chi connectivity index (χ2v) is 11.4. The number of aromatic nitrogens is 3. The van der Waals surface area contributed by atoms with E-state index in [1.807, 2.05) is 62.4 Å². The minimum atomic E-state index is -0.177. The number of benzene rings is 2. The van der Waals surface area contributed by atoms with E-state index in [-0.39, 0.29) is 22.8 Å². The molecule has 34 heavy (non-hydrogen) atoms. The van der Waals surface area contributed by atoms with Gasteiger partial charge < -0.3 is 5.32 Å². The van der Waals surface area contributed by atoms with Crippen LogP contribution in [0.1, 0.15) is 67.2 Å². The summed E-state index contributed by atoms with van der Waals surface area (Å²) in [6.45, 7) is 10.5. The smallest absolute Gasteiger partial charge is 0.275 e. The van der Waals surface area contributed by atoms with Crippen molar-refractivity contribution in [1.29, 1.82) is 0 Å². The summed E-state index contributed by atoms with van der Waals surface area (Å²) in [5.41, 5.74) is 3.07. The van der Waals surface area contributed by atoms with Gasteiger partial charge in [-0.2, -0.15) is 9.61 Å². The summed E-state index contributed by atoms with van der Waals surface area (Å²) in [6.07, 6.45) is 0. The van der Waals surface area contributed by atoms with Gasteiger partial charge in [0.05, 0.1) is 11.4 Å². The van der Waals surface area contributed by atoms with Gasteiger partial charge in [-0.1, -0.05) is 70.2 Å². The van der Waals surface area contributed by atoms with E-state index >= 15 is 0 Å². The van der Waals surface area contributed by atoms with E-state index in [0.717, 1.165) is 15.6 Å². The normalized spacial score (nSPS) is 11.8. The van der Waals surface area contributed by atoms with Crippen LogP contribution >= 0.6 is 23.1 Å². The predicted octanol–water partition coefficient (Wildman–Crippen LogP) is 6.12. The number of hydrogen-bond donors (Lipinski definition) is 1. The maximum Gasteiger partial charge on any atom is 0.275 e. The molecule has 0 atom stereocenters. The molecule has 0 saturated heterocycles. The molecule has 4 rings (SSSR count). The Morgan fingerprint density at radius 1 is 1.12 bits per heavy atom. The van der Waals surface area contributed by atoms with E-state index in [1.165, 1.54) is 39.2 Å². The number of para-hydroxylation sites is 1. The number of thioether (sulfide) groups is 1. The Labute approximate surface area is 207 Å². The van der Waals surface area contributed by atoms with Crippen LogP contribution in [0.3, 0.4) is 0 Å². The first-order valence-electron chi connectivity index (χ1n) is 11.2. The zero-order chi connectivity index (χ0) is 24.5. The molecule has 176 valence electrons. The highest BCUT2D eigenvalue weighted by Gasteiger charge is 2.16. The topological polar surface area (TPSA) is 76.4 Å². The molecule has 6 nitrogen and oxygen atoms in total. The molecule has 0 spiro atoms. The molecule has 0 radical (unpaired) electrons. The van der Waals surface area contributed by atoms with Gasteiger partial charge in [-0.05, 0) is 35.2 Å². The lowest BCUT2D eigenvalue weighted by molar-refractivity contribution is 0.102. The summed E-state index contributed by atoms with van der Waals surface area (Å²) in [7, 11) is 0. The maximum absolute atomic E-state index is 12.9. The Morgan fingerprint density at radius 3 is 2.50 bits per heavy atom. The molecule has 0 fully saturated rings. The van der Waals surface area contributed by atoms with E-state index < -0.39 is 0 Å². The van der Waals surface area contributed by atoms with Gasteiger partial charge in [0.15, 0.2) is 0 Å². The average molecular weight is 493 g/mol. The Hall–Kier alpha value is -2.97. The van der Waals surface area contributed by atoms with Crippen LogP contribution in [0.5, 0.6) is 0 Å². The Kier molecular flexibility index (Phi) is 6.91. The van der Waals surface area contributed by atoms with Gasteiger partial charge in [0, 0.05) is 28.2 Å². The van der Waals surface area contributed by atoms with Crippen LogP contribution in [-0.4, -0.2) is 20.5 Å². The number of nitrogens with zero attached hydrogens (tertiary/aromatic N) is 3. The number of rotatable bonds is 6. The first-order chi connectivity index (χ1) is 16.1. The number of nitrogens with one attached hydrogen (secondary N) is 1. The number of fused-ring (bicyclic) bond motifs is 1. The summed E-state index contributed by atoms with van der Waals surface area (Å²) in [4.78, 5) is 31.5. The molecule has 4 aromatic rings. The summed E-state index contributed by atoms with van der Waals surface area (Å²) in [5.74, 6) is 0.592. The fourth-order valence-corrected chi connectivity index (χ4v) is 5.17. The first kappa shape index (κ1) is 24.2. The quantitative estimate of drug-likeness (QED) is 0.328. The summed E-state index contributed by atoms with van der Waals surface area (Å²) in [5, 5.41) is 8.28. The standard InChI is InChI=1S/C26H28N4O2S2/c1-16(2)24-29-30-22(31)14-19(27-25(30)34-24)15-33-21-9-7-6-8-20(21)28-23(32)17-10-12-18(13-11-17)26(3,4)5/h6-14,16H,15H2,1-5H3,(H,28,32). The molecule has 1 amide bonds. The van der Waals surface area contributed by atoms with Crippen molar-refractivity contribution in [2.24, 2.45) is 0 Å². The SMILES string of the molecule is CC(C)c1nn2c(=O)cc(CSc3ccccc3NC(=O)c3ccc(C(C)(C)C)cc3)nc2s1. The molecular weight excluding hydrogens is 464 g/mol. The minimum absolute atomic E-state index is 0.0350. The fraction of sp³-hybridized carbons (Fsp3) is 0.308. The molecule has 2 aromatic heterocycles. The van der Waals surface area contributed by atoms with Crippen LogP contribution in [0.2, 0.25) is 0 Å². The van der Waals surface area contributed by atoms with Gasteiger partial charge in [0.1, 0.15) is 5.01 Å². The van der Waals surface area contributed by atoms with E-state index in [4.69, 9.17) is 0 Å². The average Bonchev–Trinajstić information content (AvgIpc) is 3.23. The summed E-state index contributed by atoms with van der Waals surface area (Å²) < 4.78 is 1.37. The minimum Gasteiger partial charge on any atom is -0.321 e. The number of carbonyl (C=O) groups is 1. The lowest BCUT2D eigenvalue weighted by Crippen LogP contribution is -2.15. The lowest BCUT2D eigenvalue weighted by atomic mass is 9.87. The van der Waals surface area contributed by atoms with Gasteiger partial charge in [-0.15, -0.1) is 11.8 Å². The number of carbonyl (C=O) groups excluding carboxylic acids is 1. The third-order valence-electron chi connectivity index (χ3n) is 5.33. The molecule has 0 unspecified atom stereocenters. The van der Waals surface area contributed by atoms with Crippen molar-refractivity contribution in [1.82, 2.24) is 14.6 Å². The number of anilines is 1. The Morgan fingerprint density at radius 2 is 1.82 bits per heavy atom. The van der Waals surface area contributed by atoms with E-state index in [2.05, 4.69) is 36.2 Å². The molecule has 2 aromatic carbocycles. The molecule has 2 heterocycles. The van der Waals surface area contributed by atoms with E-state index in [9.17, 15) is 9.59 Å². The number of amides is 1. The van der Waals surface area contributed by atoms with Gasteiger partial charge in [-0.3, -0.25) is 9.59 Å². The summed E-state index contributed by atoms with van der Waals surface area (Å²) in [6, 6.07) is 16.9. The van der Waals surface area contributed by atoms with Gasteiger partial charge >= 0.3 is 0 Å². The first-order valence-corrected chi connectivity index (χ1v) is 13.0. The van der Waals surface area contributed by atoms with Gasteiger partial charge in [0.25, 0.3) is 11.5 Å². The second-order valence-electron chi connectivity index (χ2n) is 9.44. The van der Waals surface area contributed by atoms with Crippen molar-refractivity contribution in [3.05, 3.63) is 86.8 Å². The maximum atomic E-state index is 12.9. The highest BCUT2D eigenvalue weighted by atomic mass is 32.2. The highest BCUT2D eigenvalue weighted by molar-refractivity contribution is 7.98. The molecule has 0 aliphatic heterocycles. The van der Waals surface area contributed by atoms with Crippen LogP contribution in [0.15, 0.2) is 64.3 Å². The predicted molar refractivity (Wildman–Crippen MR) is 140 cm³/mol. The lowest BCUT2D eigenvalue weighted by Gasteiger charge is -2.19. The van der Waals surface area contributed by atoms with Crippen molar-refractivity contribution in [3.8, 4) is 0 Å². The van der Waals surface area contributed by atoms with Crippen molar-refractivity contribution in [2.75, 3.05) is 5.32 Å². The van der Waals surface area contributed by atoms with Crippen LogP contribution in [0, 0.1) is 0 Å². The van der Waals surface area contributed by atoms with Crippen LogP contribution in [-0.2, 0) is 11.2 Å². The van der Waals surface area contributed by atoms with Crippen molar-refractivity contribution >= 4 is 39.7 Å². The van der Waals surface area contributed by atoms with Crippen LogP contribution in [0.25, 0.3) is 4.96 Å². The monoisotopic (exact) mass is 492 g/mol. The van der Waals surface area contributed by atoms with Gasteiger partial charge in [0.2, 0.25) is 4.96 Å². The van der Waals surface area contributed by atoms with Crippen molar-refractivity contribution in [3.63, 3.8) is 0 Å². The third kappa shape index (κ3) is 5.39. The zero-order valence-corrected chi connectivity index (χ0v) is 21.6. The van der Waals surface area contributed by atoms with E-state index in [0.29, 0.717) is 22.0 Å². The molecule has 0 aliphatic carbocycles. The Balaban J connectivity index is 1.50. The van der Waals surface area contributed by atoms with Gasteiger partial charge in [-0.25, -0.2) is 4.98 Å². The van der Waals surface area contributed by atoms with E-state index in [1.54, 1.807) is 0 Å². The van der Waals surface area contributed by atoms with Crippen molar-refractivity contribution in [2.45, 2.75) is 56.6 Å². The molecule has 0 bridgehead atoms. The summed E-state index contributed by atoms with van der Waals surface area (Å²) >= 11 is 2.97. The fourth-order valence-electron chi connectivity index (χ4n) is 3.34. The number of hydrogen-bond acceptors (Lipinski definition) is 6. The molecule has 0 aliphatic rings. The zero-order valence-electron chi connectivity index (χ0n) is 20.0. The Bertz CT molecular complexity index is 1380. The third-order valence-corrected chi connectivity index (χ3v) is 7.65. The molecular formula is C26H28N4O2S2. The highest BCUT2D eigenvalue weighted by Crippen LogP contribution is 2.30.